The third-order valence-electron chi connectivity index (χ3n) is 4.30. The molecule has 1 aliphatic heterocycles. The van der Waals surface area contributed by atoms with Gasteiger partial charge in [0, 0.05) is 18.7 Å². The van der Waals surface area contributed by atoms with Crippen molar-refractivity contribution in [2.24, 2.45) is 11.1 Å². The molecule has 0 bridgehead atoms. The summed E-state index contributed by atoms with van der Waals surface area (Å²) in [6.45, 7) is 6.17. The molecule has 106 valence electrons. The second-order valence-corrected chi connectivity index (χ2v) is 6.11. The lowest BCUT2D eigenvalue weighted by atomic mass is 9.90. The minimum absolute atomic E-state index is 0.274. The van der Waals surface area contributed by atoms with Crippen molar-refractivity contribution in [3.63, 3.8) is 0 Å². The van der Waals surface area contributed by atoms with E-state index in [0.717, 1.165) is 31.9 Å². The van der Waals surface area contributed by atoms with Gasteiger partial charge in [0.05, 0.1) is 11.9 Å². The fourth-order valence-corrected chi connectivity index (χ4v) is 2.95. The van der Waals surface area contributed by atoms with E-state index in [9.17, 15) is 0 Å². The first-order valence-electron chi connectivity index (χ1n) is 7.20. The SMILES string of the molecule is CC1(CN)CCN(Cc2cn[nH]c2-c2ccccc2)C1. The molecule has 1 fully saturated rings. The van der Waals surface area contributed by atoms with Crippen LogP contribution in [-0.4, -0.2) is 34.7 Å². The summed E-state index contributed by atoms with van der Waals surface area (Å²) < 4.78 is 0. The molecule has 4 heteroatoms. The van der Waals surface area contributed by atoms with Crippen molar-refractivity contribution in [3.8, 4) is 11.3 Å². The van der Waals surface area contributed by atoms with Crippen molar-refractivity contribution in [2.45, 2.75) is 19.9 Å². The molecule has 20 heavy (non-hydrogen) atoms. The number of nitrogens with zero attached hydrogens (tertiary/aromatic N) is 2. The van der Waals surface area contributed by atoms with Gasteiger partial charge in [-0.25, -0.2) is 0 Å². The molecular formula is C16H22N4. The van der Waals surface area contributed by atoms with Crippen LogP contribution in [0.1, 0.15) is 18.9 Å². The van der Waals surface area contributed by atoms with Crippen LogP contribution in [0, 0.1) is 5.41 Å². The van der Waals surface area contributed by atoms with E-state index in [-0.39, 0.29) is 5.41 Å². The number of likely N-dealkylation sites (tertiary alicyclic amines) is 1. The number of hydrogen-bond acceptors (Lipinski definition) is 3. The highest BCUT2D eigenvalue weighted by molar-refractivity contribution is 5.62. The molecule has 0 aliphatic carbocycles. The number of aromatic amines is 1. The zero-order valence-corrected chi connectivity index (χ0v) is 12.0. The molecule has 4 nitrogen and oxygen atoms in total. The summed E-state index contributed by atoms with van der Waals surface area (Å²) in [5.74, 6) is 0. The van der Waals surface area contributed by atoms with Crippen molar-refractivity contribution in [1.29, 1.82) is 0 Å². The molecule has 2 aromatic rings. The molecule has 1 atom stereocenters. The van der Waals surface area contributed by atoms with Gasteiger partial charge in [0.25, 0.3) is 0 Å². The van der Waals surface area contributed by atoms with Gasteiger partial charge in [-0.3, -0.25) is 10.00 Å². The van der Waals surface area contributed by atoms with E-state index in [0.29, 0.717) is 0 Å². The van der Waals surface area contributed by atoms with Gasteiger partial charge < -0.3 is 5.73 Å². The minimum atomic E-state index is 0.274. The first kappa shape index (κ1) is 13.3. The summed E-state index contributed by atoms with van der Waals surface area (Å²) in [7, 11) is 0. The number of aromatic nitrogens is 2. The smallest absolute Gasteiger partial charge is 0.0695 e. The van der Waals surface area contributed by atoms with E-state index in [4.69, 9.17) is 5.73 Å². The molecule has 3 N–H and O–H groups in total. The van der Waals surface area contributed by atoms with Crippen molar-refractivity contribution in [2.75, 3.05) is 19.6 Å². The molecule has 0 spiro atoms. The van der Waals surface area contributed by atoms with E-state index >= 15 is 0 Å². The number of hydrogen-bond donors (Lipinski definition) is 2. The summed E-state index contributed by atoms with van der Waals surface area (Å²) in [4.78, 5) is 2.48. The van der Waals surface area contributed by atoms with E-state index in [2.05, 4.69) is 46.3 Å². The molecule has 2 heterocycles. The molecular weight excluding hydrogens is 248 g/mol. The van der Waals surface area contributed by atoms with Crippen molar-refractivity contribution >= 4 is 0 Å². The molecule has 1 unspecified atom stereocenters. The molecule has 0 radical (unpaired) electrons. The summed E-state index contributed by atoms with van der Waals surface area (Å²) in [6, 6.07) is 10.4. The number of benzene rings is 1. The fourth-order valence-electron chi connectivity index (χ4n) is 2.95. The van der Waals surface area contributed by atoms with Crippen LogP contribution in [0.15, 0.2) is 36.5 Å². The van der Waals surface area contributed by atoms with Crippen molar-refractivity contribution < 1.29 is 0 Å². The number of nitrogens with one attached hydrogen (secondary N) is 1. The highest BCUT2D eigenvalue weighted by atomic mass is 15.2. The highest BCUT2D eigenvalue weighted by Gasteiger charge is 2.32. The van der Waals surface area contributed by atoms with Crippen LogP contribution in [0.5, 0.6) is 0 Å². The topological polar surface area (TPSA) is 57.9 Å². The normalized spacial score (nSPS) is 23.3. The summed E-state index contributed by atoms with van der Waals surface area (Å²) in [5, 5.41) is 7.35. The Bertz CT molecular complexity index is 563. The van der Waals surface area contributed by atoms with E-state index in [1.165, 1.54) is 17.5 Å². The van der Waals surface area contributed by atoms with E-state index in [1.807, 2.05) is 12.3 Å². The van der Waals surface area contributed by atoms with Gasteiger partial charge in [0.1, 0.15) is 0 Å². The lowest BCUT2D eigenvalue weighted by Crippen LogP contribution is -2.31. The Balaban J connectivity index is 1.75. The molecule has 1 saturated heterocycles. The fraction of sp³-hybridized carbons (Fsp3) is 0.438. The van der Waals surface area contributed by atoms with Gasteiger partial charge in [-0.2, -0.15) is 5.10 Å². The Hall–Kier alpha value is -1.65. The van der Waals surface area contributed by atoms with Gasteiger partial charge in [0.2, 0.25) is 0 Å². The number of nitrogens with two attached hydrogens (primary N) is 1. The Labute approximate surface area is 120 Å². The third-order valence-corrected chi connectivity index (χ3v) is 4.30. The predicted octanol–water partition coefficient (Wildman–Crippen LogP) is 2.25. The molecule has 3 rings (SSSR count). The van der Waals surface area contributed by atoms with Crippen LogP contribution in [0.25, 0.3) is 11.3 Å². The van der Waals surface area contributed by atoms with Crippen LogP contribution in [0.2, 0.25) is 0 Å². The number of rotatable bonds is 4. The first-order valence-corrected chi connectivity index (χ1v) is 7.20. The highest BCUT2D eigenvalue weighted by Crippen LogP contribution is 2.31. The van der Waals surface area contributed by atoms with Crippen LogP contribution < -0.4 is 5.73 Å². The molecule has 1 aromatic carbocycles. The van der Waals surface area contributed by atoms with Crippen LogP contribution in [-0.2, 0) is 6.54 Å². The average molecular weight is 270 g/mol. The maximum absolute atomic E-state index is 5.88. The van der Waals surface area contributed by atoms with Crippen molar-refractivity contribution in [3.05, 3.63) is 42.1 Å². The maximum atomic E-state index is 5.88. The molecule has 0 saturated carbocycles. The van der Waals surface area contributed by atoms with Crippen molar-refractivity contribution in [1.82, 2.24) is 15.1 Å². The Morgan fingerprint density at radius 3 is 2.85 bits per heavy atom. The van der Waals surface area contributed by atoms with Gasteiger partial charge >= 0.3 is 0 Å². The van der Waals surface area contributed by atoms with Crippen LogP contribution in [0.4, 0.5) is 0 Å². The second-order valence-electron chi connectivity index (χ2n) is 6.11. The Morgan fingerprint density at radius 1 is 1.35 bits per heavy atom. The van der Waals surface area contributed by atoms with Crippen LogP contribution in [0.3, 0.4) is 0 Å². The summed E-state index contributed by atoms with van der Waals surface area (Å²) in [5.41, 5.74) is 9.74. The quantitative estimate of drug-likeness (QED) is 0.896. The summed E-state index contributed by atoms with van der Waals surface area (Å²) in [6.07, 6.45) is 3.13. The predicted molar refractivity (Wildman–Crippen MR) is 81.1 cm³/mol. The van der Waals surface area contributed by atoms with E-state index < -0.39 is 0 Å². The monoisotopic (exact) mass is 270 g/mol. The first-order chi connectivity index (χ1) is 9.70. The summed E-state index contributed by atoms with van der Waals surface area (Å²) >= 11 is 0. The maximum Gasteiger partial charge on any atom is 0.0695 e. The van der Waals surface area contributed by atoms with Crippen LogP contribution >= 0.6 is 0 Å². The minimum Gasteiger partial charge on any atom is -0.330 e. The van der Waals surface area contributed by atoms with Gasteiger partial charge in [0.15, 0.2) is 0 Å². The zero-order valence-electron chi connectivity index (χ0n) is 12.0. The molecule has 1 aliphatic rings. The average Bonchev–Trinajstić information content (AvgIpc) is 3.08. The lowest BCUT2D eigenvalue weighted by Gasteiger charge is -2.22. The standard InChI is InChI=1S/C16H22N4/c1-16(11-17)7-8-20(12-16)10-14-9-18-19-15(14)13-5-3-2-4-6-13/h2-6,9H,7-8,10-12,17H2,1H3,(H,18,19). The molecule has 0 amide bonds. The largest absolute Gasteiger partial charge is 0.330 e. The van der Waals surface area contributed by atoms with Gasteiger partial charge in [-0.05, 0) is 30.5 Å². The Morgan fingerprint density at radius 2 is 2.15 bits per heavy atom. The zero-order chi connectivity index (χ0) is 14.0. The lowest BCUT2D eigenvalue weighted by molar-refractivity contribution is 0.275. The van der Waals surface area contributed by atoms with Gasteiger partial charge in [-0.15, -0.1) is 0 Å². The second kappa shape index (κ2) is 5.38. The third kappa shape index (κ3) is 2.62. The number of H-pyrrole nitrogens is 1. The molecule has 1 aromatic heterocycles. The Kier molecular flexibility index (Phi) is 3.59. The van der Waals surface area contributed by atoms with E-state index in [1.54, 1.807) is 0 Å². The van der Waals surface area contributed by atoms with Gasteiger partial charge in [-0.1, -0.05) is 37.3 Å².